The number of nitrogens with one attached hydrogen (secondary N) is 1. The van der Waals surface area contributed by atoms with E-state index in [2.05, 4.69) is 12.2 Å². The molecule has 3 nitrogen and oxygen atoms in total. The molecule has 1 aromatic heterocycles. The molecule has 0 spiro atoms. The smallest absolute Gasteiger partial charge is 0.287 e. The van der Waals surface area contributed by atoms with Crippen molar-refractivity contribution >= 4 is 28.5 Å². The lowest BCUT2D eigenvalue weighted by Gasteiger charge is -2.28. The maximum absolute atomic E-state index is 12.7. The number of halogens is 1. The second-order valence-corrected chi connectivity index (χ2v) is 7.68. The molecule has 2 saturated carbocycles. The van der Waals surface area contributed by atoms with Crippen molar-refractivity contribution < 1.29 is 9.21 Å². The lowest BCUT2D eigenvalue weighted by atomic mass is 9.84. The number of hydrogen-bond acceptors (Lipinski definition) is 2. The number of furan rings is 1. The summed E-state index contributed by atoms with van der Waals surface area (Å²) >= 11 is 6.17. The van der Waals surface area contributed by atoms with E-state index in [1.54, 1.807) is 6.07 Å². The summed E-state index contributed by atoms with van der Waals surface area (Å²) in [5.74, 6) is 2.57. The highest BCUT2D eigenvalue weighted by molar-refractivity contribution is 6.35. The summed E-state index contributed by atoms with van der Waals surface area (Å²) in [5, 5.41) is 4.63. The van der Waals surface area contributed by atoms with Gasteiger partial charge in [0.25, 0.3) is 5.91 Å². The van der Waals surface area contributed by atoms with Gasteiger partial charge in [0.15, 0.2) is 11.3 Å². The third-order valence-corrected chi connectivity index (χ3v) is 6.21. The van der Waals surface area contributed by atoms with Crippen molar-refractivity contribution in [1.29, 1.82) is 0 Å². The fourth-order valence-corrected chi connectivity index (χ4v) is 4.92. The molecule has 2 bridgehead atoms. The molecule has 1 N–H and O–H groups in total. The summed E-state index contributed by atoms with van der Waals surface area (Å²) in [6, 6.07) is 5.80. The summed E-state index contributed by atoms with van der Waals surface area (Å²) in [4.78, 5) is 12.7. The number of amides is 1. The van der Waals surface area contributed by atoms with Gasteiger partial charge in [0.2, 0.25) is 0 Å². The van der Waals surface area contributed by atoms with Crippen molar-refractivity contribution in [3.05, 3.63) is 34.5 Å². The predicted molar refractivity (Wildman–Crippen MR) is 91.8 cm³/mol. The highest BCUT2D eigenvalue weighted by Crippen LogP contribution is 2.49. The fourth-order valence-electron chi connectivity index (χ4n) is 4.71. The molecule has 2 aromatic rings. The van der Waals surface area contributed by atoms with Crippen molar-refractivity contribution in [2.24, 2.45) is 17.8 Å². The molecule has 0 unspecified atom stereocenters. The SMILES string of the molecule is Cc1c(C(=O)N[C@@H](C)[C@@H]2C[C@@H]3CC[C@@H]2C3)oc2c(Cl)cccc12. The van der Waals surface area contributed by atoms with Gasteiger partial charge in [-0.05, 0) is 56.9 Å². The number of rotatable bonds is 3. The van der Waals surface area contributed by atoms with Crippen LogP contribution in [0.1, 0.15) is 48.7 Å². The Morgan fingerprint density at radius 1 is 1.35 bits per heavy atom. The maximum Gasteiger partial charge on any atom is 0.287 e. The molecule has 0 aliphatic heterocycles. The Morgan fingerprint density at radius 3 is 2.83 bits per heavy atom. The van der Waals surface area contributed by atoms with Gasteiger partial charge in [0.1, 0.15) is 0 Å². The predicted octanol–water partition coefficient (Wildman–Crippen LogP) is 4.95. The van der Waals surface area contributed by atoms with E-state index in [0.717, 1.165) is 22.8 Å². The van der Waals surface area contributed by atoms with Crippen LogP contribution in [0.5, 0.6) is 0 Å². The normalized spacial score (nSPS) is 27.5. The first-order valence-electron chi connectivity index (χ1n) is 8.53. The summed E-state index contributed by atoms with van der Waals surface area (Å²) in [6.45, 7) is 4.05. The van der Waals surface area contributed by atoms with Crippen LogP contribution in [-0.4, -0.2) is 11.9 Å². The van der Waals surface area contributed by atoms with E-state index >= 15 is 0 Å². The quantitative estimate of drug-likeness (QED) is 0.864. The molecule has 4 atom stereocenters. The molecule has 122 valence electrons. The third kappa shape index (κ3) is 2.46. The number of aryl methyl sites for hydroxylation is 1. The first-order chi connectivity index (χ1) is 11.0. The monoisotopic (exact) mass is 331 g/mol. The molecule has 4 heteroatoms. The number of carbonyl (C=O) groups excluding carboxylic acids is 1. The molecular formula is C19H22ClNO2. The van der Waals surface area contributed by atoms with E-state index in [9.17, 15) is 4.79 Å². The molecule has 4 rings (SSSR count). The zero-order chi connectivity index (χ0) is 16.1. The van der Waals surface area contributed by atoms with E-state index in [1.165, 1.54) is 25.7 Å². The topological polar surface area (TPSA) is 42.2 Å². The lowest BCUT2D eigenvalue weighted by molar-refractivity contribution is 0.0888. The number of carbonyl (C=O) groups is 1. The Labute approximate surface area is 141 Å². The average Bonchev–Trinajstić information content (AvgIpc) is 3.22. The van der Waals surface area contributed by atoms with Gasteiger partial charge in [-0.2, -0.15) is 0 Å². The Hall–Kier alpha value is -1.48. The molecular weight excluding hydrogens is 310 g/mol. The van der Waals surface area contributed by atoms with Gasteiger partial charge < -0.3 is 9.73 Å². The second-order valence-electron chi connectivity index (χ2n) is 7.27. The number of hydrogen-bond donors (Lipinski definition) is 1. The Bertz CT molecular complexity index is 766. The zero-order valence-corrected chi connectivity index (χ0v) is 14.3. The molecule has 2 aliphatic carbocycles. The van der Waals surface area contributed by atoms with Crippen LogP contribution >= 0.6 is 11.6 Å². The van der Waals surface area contributed by atoms with Crippen LogP contribution in [-0.2, 0) is 0 Å². The van der Waals surface area contributed by atoms with Gasteiger partial charge in [0, 0.05) is 17.0 Å². The summed E-state index contributed by atoms with van der Waals surface area (Å²) in [7, 11) is 0. The Morgan fingerprint density at radius 2 is 2.17 bits per heavy atom. The molecule has 1 aromatic carbocycles. The third-order valence-electron chi connectivity index (χ3n) is 5.92. The number of fused-ring (bicyclic) bond motifs is 3. The van der Waals surface area contributed by atoms with Gasteiger partial charge >= 0.3 is 0 Å². The fraction of sp³-hybridized carbons (Fsp3) is 0.526. The van der Waals surface area contributed by atoms with Crippen molar-refractivity contribution in [2.45, 2.75) is 45.6 Å². The summed E-state index contributed by atoms with van der Waals surface area (Å²) in [6.07, 6.45) is 5.32. The minimum absolute atomic E-state index is 0.120. The van der Waals surface area contributed by atoms with E-state index in [1.807, 2.05) is 19.1 Å². The van der Waals surface area contributed by atoms with Crippen LogP contribution in [0.25, 0.3) is 11.0 Å². The largest absolute Gasteiger partial charge is 0.449 e. The number of para-hydroxylation sites is 1. The van der Waals surface area contributed by atoms with Crippen LogP contribution in [0.15, 0.2) is 22.6 Å². The van der Waals surface area contributed by atoms with Crippen molar-refractivity contribution in [3.63, 3.8) is 0 Å². The zero-order valence-electron chi connectivity index (χ0n) is 13.6. The molecule has 1 amide bonds. The molecule has 2 aliphatic rings. The molecule has 2 fully saturated rings. The Balaban J connectivity index is 1.55. The number of benzene rings is 1. The van der Waals surface area contributed by atoms with Crippen LogP contribution < -0.4 is 5.32 Å². The van der Waals surface area contributed by atoms with E-state index < -0.39 is 0 Å². The van der Waals surface area contributed by atoms with Gasteiger partial charge in [-0.25, -0.2) is 0 Å². The van der Waals surface area contributed by atoms with Crippen LogP contribution in [0.4, 0.5) is 0 Å². The van der Waals surface area contributed by atoms with Gasteiger partial charge in [-0.15, -0.1) is 0 Å². The second kappa shape index (κ2) is 5.55. The lowest BCUT2D eigenvalue weighted by Crippen LogP contribution is -2.40. The molecule has 23 heavy (non-hydrogen) atoms. The van der Waals surface area contributed by atoms with Crippen molar-refractivity contribution in [3.8, 4) is 0 Å². The van der Waals surface area contributed by atoms with E-state index in [0.29, 0.717) is 22.3 Å². The van der Waals surface area contributed by atoms with Crippen molar-refractivity contribution in [2.75, 3.05) is 0 Å². The highest BCUT2D eigenvalue weighted by Gasteiger charge is 2.42. The van der Waals surface area contributed by atoms with Crippen molar-refractivity contribution in [1.82, 2.24) is 5.32 Å². The van der Waals surface area contributed by atoms with Gasteiger partial charge in [-0.1, -0.05) is 30.2 Å². The first-order valence-corrected chi connectivity index (χ1v) is 8.91. The minimum Gasteiger partial charge on any atom is -0.449 e. The minimum atomic E-state index is -0.120. The maximum atomic E-state index is 12.7. The molecule has 0 saturated heterocycles. The van der Waals surface area contributed by atoms with Gasteiger partial charge in [0.05, 0.1) is 5.02 Å². The van der Waals surface area contributed by atoms with E-state index in [-0.39, 0.29) is 11.9 Å². The molecule has 0 radical (unpaired) electrons. The first kappa shape index (κ1) is 15.1. The van der Waals surface area contributed by atoms with Gasteiger partial charge in [-0.3, -0.25) is 4.79 Å². The standard InChI is InChI=1S/C19H22ClNO2/c1-10-14-4-3-5-16(20)18(14)23-17(10)19(22)21-11(2)15-9-12-6-7-13(15)8-12/h3-5,11-13,15H,6-9H2,1-2H3,(H,21,22)/t11-,12+,13+,15-/m0/s1. The Kier molecular flexibility index (Phi) is 3.64. The highest BCUT2D eigenvalue weighted by atomic mass is 35.5. The van der Waals surface area contributed by atoms with Crippen LogP contribution in [0.2, 0.25) is 5.02 Å². The summed E-state index contributed by atoms with van der Waals surface area (Å²) < 4.78 is 5.77. The van der Waals surface area contributed by atoms with Crippen LogP contribution in [0, 0.1) is 24.7 Å². The average molecular weight is 332 g/mol. The summed E-state index contributed by atoms with van der Waals surface area (Å²) in [5.41, 5.74) is 1.46. The van der Waals surface area contributed by atoms with Crippen LogP contribution in [0.3, 0.4) is 0 Å². The molecule has 1 heterocycles. The van der Waals surface area contributed by atoms with E-state index in [4.69, 9.17) is 16.0 Å².